The number of rotatable bonds is 31. The van der Waals surface area contributed by atoms with Crippen molar-refractivity contribution in [3.63, 3.8) is 0 Å². The third-order valence-electron chi connectivity index (χ3n) is 16.5. The van der Waals surface area contributed by atoms with Gasteiger partial charge in [-0.3, -0.25) is 38.4 Å². The summed E-state index contributed by atoms with van der Waals surface area (Å²) < 4.78 is 0. The molecule has 0 saturated heterocycles. The van der Waals surface area contributed by atoms with Crippen LogP contribution < -0.4 is 72.8 Å². The molecule has 0 heterocycles. The van der Waals surface area contributed by atoms with Gasteiger partial charge in [-0.2, -0.15) is 0 Å². The van der Waals surface area contributed by atoms with Gasteiger partial charge in [-0.1, -0.05) is 217 Å². The molecule has 23 heteroatoms. The topological polar surface area (TPSA) is 334 Å². The smallest absolute Gasteiger partial charge is 0.871 e. The van der Waals surface area contributed by atoms with Gasteiger partial charge in [0.1, 0.15) is 13.1 Å². The monoisotopic (exact) mass is 1460 g/mol. The Hall–Kier alpha value is -10.1. The molecule has 8 amide bonds. The predicted molar refractivity (Wildman–Crippen MR) is 353 cm³/mol. The third-order valence-corrected chi connectivity index (χ3v) is 16.5. The fourth-order valence-corrected chi connectivity index (χ4v) is 10.9. The number of carbonyl (C=O) groups is 8. The van der Waals surface area contributed by atoms with E-state index in [4.69, 9.17) is 0 Å². The van der Waals surface area contributed by atoms with E-state index in [1.165, 1.54) is 72.8 Å². The van der Waals surface area contributed by atoms with E-state index in [0.717, 1.165) is 32.1 Å². The summed E-state index contributed by atoms with van der Waals surface area (Å²) in [5, 5.41) is 77.3. The van der Waals surface area contributed by atoms with E-state index in [9.17, 15) is 58.8 Å². The number of hydrogen-bond donors (Lipinski definition) is 10. The van der Waals surface area contributed by atoms with Crippen molar-refractivity contribution in [1.29, 1.82) is 0 Å². The van der Waals surface area contributed by atoms with Crippen molar-refractivity contribution in [3.05, 3.63) is 261 Å². The molecular formula is C74H78N10O12Tb+. The molecule has 0 aliphatic rings. The SMILES string of the molecule is CC(NC(=O)c1cccc(C(=O)NCC[NH+](CCNC(=O)c2cccc(C(=O)NC(C)c3ccccc3)c2[O-])CC[NH+](CCNC(=O)c2cccc(C(=O)NC(C)c3ccccc3)c2[O-])CCNC(=O)c2cccc(C(=O)NC(C)c3ccccc3)c2[O-])c1[O-])c1ccccc1.[Tb+3]. The number of para-hydroxylation sites is 4. The first-order valence-corrected chi connectivity index (χ1v) is 31.7. The minimum absolute atomic E-state index is 0. The maximum Gasteiger partial charge on any atom is 3.00 e. The summed E-state index contributed by atoms with van der Waals surface area (Å²) in [5.41, 5.74) is 1.26. The maximum absolute atomic E-state index is 13.8. The first-order valence-electron chi connectivity index (χ1n) is 31.7. The zero-order chi connectivity index (χ0) is 68.7. The van der Waals surface area contributed by atoms with E-state index in [1.54, 1.807) is 27.7 Å². The molecule has 0 aromatic heterocycles. The van der Waals surface area contributed by atoms with Gasteiger partial charge in [0, 0.05) is 44.5 Å². The zero-order valence-corrected chi connectivity index (χ0v) is 56.2. The second-order valence-corrected chi connectivity index (χ2v) is 23.2. The van der Waals surface area contributed by atoms with Crippen molar-refractivity contribution in [3.8, 4) is 23.0 Å². The van der Waals surface area contributed by atoms with Crippen molar-refractivity contribution < 1.29 is 107 Å². The zero-order valence-electron chi connectivity index (χ0n) is 54.1. The molecule has 0 saturated carbocycles. The second-order valence-electron chi connectivity index (χ2n) is 23.2. The van der Waals surface area contributed by atoms with Gasteiger partial charge in [-0.15, -0.1) is 0 Å². The molecular weight excluding hydrogens is 1380 g/mol. The van der Waals surface area contributed by atoms with Crippen molar-refractivity contribution in [1.82, 2.24) is 42.5 Å². The van der Waals surface area contributed by atoms with E-state index >= 15 is 0 Å². The fourth-order valence-electron chi connectivity index (χ4n) is 10.9. The molecule has 0 bridgehead atoms. The Balaban J connectivity index is 0.0000133. The van der Waals surface area contributed by atoms with E-state index in [0.29, 0.717) is 13.1 Å². The Morgan fingerprint density at radius 2 is 0.443 bits per heavy atom. The van der Waals surface area contributed by atoms with Crippen LogP contribution in [0.25, 0.3) is 0 Å². The Morgan fingerprint density at radius 1 is 0.268 bits per heavy atom. The summed E-state index contributed by atoms with van der Waals surface area (Å²) in [6.45, 7) is 8.33. The van der Waals surface area contributed by atoms with Gasteiger partial charge in [-0.05, 0) is 49.9 Å². The van der Waals surface area contributed by atoms with E-state index in [-0.39, 0.29) is 135 Å². The van der Waals surface area contributed by atoms with Gasteiger partial charge in [0.05, 0.1) is 76.5 Å². The normalized spacial score (nSPS) is 12.7. The molecule has 10 N–H and O–H groups in total. The quantitative estimate of drug-likeness (QED) is 0.0300. The molecule has 97 heavy (non-hydrogen) atoms. The first-order chi connectivity index (χ1) is 46.3. The van der Waals surface area contributed by atoms with Crippen LogP contribution in [-0.4, -0.2) is 113 Å². The fraction of sp³-hybridized carbons (Fsp3) is 0.243. The van der Waals surface area contributed by atoms with Crippen molar-refractivity contribution >= 4 is 47.3 Å². The molecule has 0 spiro atoms. The van der Waals surface area contributed by atoms with Gasteiger partial charge >= 0.3 is 38.6 Å². The Morgan fingerprint density at radius 3 is 0.629 bits per heavy atom. The van der Waals surface area contributed by atoms with Gasteiger partial charge in [0.25, 0.3) is 47.3 Å². The number of hydrogen-bond acceptors (Lipinski definition) is 12. The van der Waals surface area contributed by atoms with Crippen LogP contribution in [-0.2, 0) is 0 Å². The molecule has 8 aromatic carbocycles. The molecule has 0 radical (unpaired) electrons. The van der Waals surface area contributed by atoms with Crippen LogP contribution in [0.4, 0.5) is 0 Å². The predicted octanol–water partition coefficient (Wildman–Crippen LogP) is 2.73. The average Bonchev–Trinajstić information content (AvgIpc) is 0.918. The average molecular weight is 1460 g/mol. The Bertz CT molecular complexity index is 3510. The van der Waals surface area contributed by atoms with Gasteiger partial charge in [-0.25, -0.2) is 0 Å². The minimum atomic E-state index is -0.778. The molecule has 8 rings (SSSR count). The summed E-state index contributed by atoms with van der Waals surface area (Å²) in [6.07, 6.45) is 0. The standard InChI is InChI=1S/C74H80N10O12.Tb/c1-47(51-21-9-5-10-22-51)79-71(93)59-33-17-29-55(63(59)85)67(89)75-37-41-83(42-38-76-68(90)56-30-18-34-60(64(56)86)72(94)80-48(2)52-23-11-6-12-24-52)45-46-84(43-39-77-69(91)57-31-19-35-61(65(57)87)73(95)81-49(3)53-25-13-7-14-26-53)44-40-78-70(92)58-32-20-36-62(66(58)88)74(96)82-50(4)54-27-15-8-16-28-54;/h5-36,47-50,85-88H,37-46H2,1-4H3,(H,75,89)(H,76,90)(H,77,91)(H,78,92)(H,79,93)(H,80,94)(H,81,95)(H,82,96);/q;+3/p-2. The summed E-state index contributed by atoms with van der Waals surface area (Å²) >= 11 is 0. The number of quaternary nitrogens is 2. The van der Waals surface area contributed by atoms with E-state index < -0.39 is 94.4 Å². The largest absolute Gasteiger partial charge is 3.00 e. The van der Waals surface area contributed by atoms with Crippen molar-refractivity contribution in [2.45, 2.75) is 51.9 Å². The molecule has 0 aliphatic carbocycles. The van der Waals surface area contributed by atoms with Crippen molar-refractivity contribution in [2.24, 2.45) is 0 Å². The van der Waals surface area contributed by atoms with Crippen molar-refractivity contribution in [2.75, 3.05) is 65.4 Å². The van der Waals surface area contributed by atoms with Crippen LogP contribution in [0.1, 0.15) is 157 Å². The number of nitrogens with one attached hydrogen (secondary N) is 10. The molecule has 0 aliphatic heterocycles. The summed E-state index contributed by atoms with van der Waals surface area (Å²) in [6, 6.07) is 51.2. The van der Waals surface area contributed by atoms with Crippen LogP contribution in [0.5, 0.6) is 23.0 Å². The number of benzene rings is 8. The van der Waals surface area contributed by atoms with Crippen LogP contribution in [0, 0.1) is 38.6 Å². The first kappa shape index (κ1) is 74.3. The van der Waals surface area contributed by atoms with Gasteiger partial charge in [0.15, 0.2) is 0 Å². The molecule has 22 nitrogen and oxygen atoms in total. The second kappa shape index (κ2) is 36.7. The van der Waals surface area contributed by atoms with E-state index in [1.807, 2.05) is 121 Å². The number of carbonyl (C=O) groups excluding carboxylic acids is 8. The Kier molecular flexibility index (Phi) is 28.1. The third kappa shape index (κ3) is 20.7. The van der Waals surface area contributed by atoms with Gasteiger partial charge in [0.2, 0.25) is 0 Å². The summed E-state index contributed by atoms with van der Waals surface area (Å²) in [4.78, 5) is 110. The van der Waals surface area contributed by atoms with Crippen LogP contribution in [0.3, 0.4) is 0 Å². The van der Waals surface area contributed by atoms with E-state index in [2.05, 4.69) is 42.5 Å². The molecule has 8 aromatic rings. The number of amides is 8. The van der Waals surface area contributed by atoms with Gasteiger partial charge < -0.3 is 72.8 Å². The minimum Gasteiger partial charge on any atom is -0.871 e. The molecule has 4 atom stereocenters. The summed E-state index contributed by atoms with van der Waals surface area (Å²) in [7, 11) is 0. The summed E-state index contributed by atoms with van der Waals surface area (Å²) in [5.74, 6) is -8.75. The Labute approximate surface area is 594 Å². The molecule has 0 fully saturated rings. The van der Waals surface area contributed by atoms with Crippen LogP contribution in [0.15, 0.2) is 194 Å². The van der Waals surface area contributed by atoms with Crippen LogP contribution in [0.2, 0.25) is 0 Å². The molecule has 504 valence electrons. The molecule has 4 unspecified atom stereocenters. The maximum atomic E-state index is 13.8. The van der Waals surface area contributed by atoms with Crippen LogP contribution >= 0.6 is 0 Å².